The Labute approximate surface area is 171 Å². The first-order chi connectivity index (χ1) is 12.8. The molecule has 5 nitrogen and oxygen atoms in total. The van der Waals surface area contributed by atoms with Gasteiger partial charge in [-0.25, -0.2) is 4.98 Å². The number of fused-ring (bicyclic) bond motifs is 2. The average molecular weight is 407 g/mol. The SMILES string of the molecule is Cl.OCCN1CCN(CCCN2c3ccccc3Sc3cccnc32)CC1. The van der Waals surface area contributed by atoms with Crippen LogP contribution in [0.5, 0.6) is 0 Å². The van der Waals surface area contributed by atoms with Crippen LogP contribution in [0.25, 0.3) is 0 Å². The van der Waals surface area contributed by atoms with Crippen LogP contribution in [-0.4, -0.2) is 72.3 Å². The Morgan fingerprint density at radius 1 is 0.889 bits per heavy atom. The molecule has 0 radical (unpaired) electrons. The number of anilines is 2. The molecule has 7 heteroatoms. The highest BCUT2D eigenvalue weighted by Crippen LogP contribution is 2.46. The molecule has 146 valence electrons. The van der Waals surface area contributed by atoms with E-state index in [2.05, 4.69) is 50.0 Å². The molecule has 1 fully saturated rings. The predicted molar refractivity (Wildman–Crippen MR) is 114 cm³/mol. The third-order valence-electron chi connectivity index (χ3n) is 5.12. The van der Waals surface area contributed by atoms with Crippen LogP contribution in [0.2, 0.25) is 0 Å². The van der Waals surface area contributed by atoms with Crippen molar-refractivity contribution in [1.82, 2.24) is 14.8 Å². The Balaban J connectivity index is 0.00000210. The monoisotopic (exact) mass is 406 g/mol. The van der Waals surface area contributed by atoms with Crippen molar-refractivity contribution in [1.29, 1.82) is 0 Å². The van der Waals surface area contributed by atoms with Gasteiger partial charge >= 0.3 is 0 Å². The summed E-state index contributed by atoms with van der Waals surface area (Å²) in [7, 11) is 0. The molecular formula is C20H27ClN4OS. The summed E-state index contributed by atoms with van der Waals surface area (Å²) >= 11 is 1.81. The number of hydrogen-bond donors (Lipinski definition) is 1. The van der Waals surface area contributed by atoms with Gasteiger partial charge in [-0.1, -0.05) is 23.9 Å². The molecule has 3 heterocycles. The molecular weight excluding hydrogens is 380 g/mol. The van der Waals surface area contributed by atoms with Gasteiger partial charge in [-0.15, -0.1) is 12.4 Å². The van der Waals surface area contributed by atoms with Gasteiger partial charge in [0.25, 0.3) is 0 Å². The van der Waals surface area contributed by atoms with Crippen LogP contribution >= 0.6 is 24.2 Å². The Kier molecular flexibility index (Phi) is 7.38. The zero-order valence-corrected chi connectivity index (χ0v) is 17.1. The molecule has 0 aliphatic carbocycles. The number of para-hydroxylation sites is 1. The van der Waals surface area contributed by atoms with E-state index >= 15 is 0 Å². The zero-order valence-electron chi connectivity index (χ0n) is 15.5. The summed E-state index contributed by atoms with van der Waals surface area (Å²) in [5.74, 6) is 1.09. The molecule has 2 aliphatic rings. The van der Waals surface area contributed by atoms with Gasteiger partial charge in [-0.3, -0.25) is 4.90 Å². The van der Waals surface area contributed by atoms with E-state index in [1.165, 1.54) is 15.5 Å². The summed E-state index contributed by atoms with van der Waals surface area (Å²) in [6.45, 7) is 7.49. The standard InChI is InChI=1S/C20H26N4OS.ClH/c25-16-15-23-13-11-22(12-14-23)9-4-10-24-17-5-1-2-6-18(17)26-19-7-3-8-21-20(19)24;/h1-3,5-8,25H,4,9-16H2;1H. The fourth-order valence-electron chi connectivity index (χ4n) is 3.72. The lowest BCUT2D eigenvalue weighted by atomic mass is 10.2. The van der Waals surface area contributed by atoms with E-state index in [-0.39, 0.29) is 19.0 Å². The van der Waals surface area contributed by atoms with Crippen molar-refractivity contribution in [2.45, 2.75) is 16.2 Å². The zero-order chi connectivity index (χ0) is 17.8. The molecule has 0 atom stereocenters. The minimum atomic E-state index is 0. The topological polar surface area (TPSA) is 42.8 Å². The first-order valence-corrected chi connectivity index (χ1v) is 10.2. The summed E-state index contributed by atoms with van der Waals surface area (Å²) in [6.07, 6.45) is 3.01. The number of halogens is 1. The Morgan fingerprint density at radius 3 is 2.37 bits per heavy atom. The third kappa shape index (κ3) is 4.76. The highest BCUT2D eigenvalue weighted by molar-refractivity contribution is 7.99. The lowest BCUT2D eigenvalue weighted by Crippen LogP contribution is -2.47. The van der Waals surface area contributed by atoms with Crippen molar-refractivity contribution in [3.05, 3.63) is 42.6 Å². The second kappa shape index (κ2) is 9.75. The van der Waals surface area contributed by atoms with E-state index < -0.39 is 0 Å². The second-order valence-electron chi connectivity index (χ2n) is 6.81. The van der Waals surface area contributed by atoms with Crippen molar-refractivity contribution in [3.63, 3.8) is 0 Å². The van der Waals surface area contributed by atoms with Crippen molar-refractivity contribution in [2.24, 2.45) is 0 Å². The summed E-state index contributed by atoms with van der Waals surface area (Å²) in [5.41, 5.74) is 1.27. The minimum absolute atomic E-state index is 0. The highest BCUT2D eigenvalue weighted by atomic mass is 35.5. The molecule has 4 rings (SSSR count). The molecule has 2 aromatic rings. The number of pyridine rings is 1. The summed E-state index contributed by atoms with van der Waals surface area (Å²) < 4.78 is 0. The van der Waals surface area contributed by atoms with Gasteiger partial charge in [0.2, 0.25) is 0 Å². The van der Waals surface area contributed by atoms with E-state index in [4.69, 9.17) is 5.11 Å². The Hall–Kier alpha value is -1.31. The summed E-state index contributed by atoms with van der Waals surface area (Å²) in [5, 5.41) is 9.06. The van der Waals surface area contributed by atoms with Gasteiger partial charge in [0.1, 0.15) is 5.82 Å². The lowest BCUT2D eigenvalue weighted by molar-refractivity contribution is 0.112. The van der Waals surface area contributed by atoms with Gasteiger partial charge in [0.15, 0.2) is 0 Å². The smallest absolute Gasteiger partial charge is 0.147 e. The van der Waals surface area contributed by atoms with Crippen LogP contribution < -0.4 is 4.90 Å². The number of rotatable bonds is 6. The Bertz CT molecular complexity index is 694. The number of nitrogens with zero attached hydrogens (tertiary/aromatic N) is 4. The average Bonchev–Trinajstić information content (AvgIpc) is 2.69. The quantitative estimate of drug-likeness (QED) is 0.795. The summed E-state index contributed by atoms with van der Waals surface area (Å²) in [4.78, 5) is 14.5. The number of β-amino-alcohol motifs (C(OH)–C–C–N with tert-alkyl or cyclic N) is 1. The number of aliphatic hydroxyl groups is 1. The van der Waals surface area contributed by atoms with Crippen molar-refractivity contribution >= 4 is 35.7 Å². The molecule has 1 aromatic heterocycles. The van der Waals surface area contributed by atoms with Gasteiger partial charge in [-0.2, -0.15) is 0 Å². The first kappa shape index (κ1) is 20.4. The predicted octanol–water partition coefficient (Wildman–Crippen LogP) is 3.11. The summed E-state index contributed by atoms with van der Waals surface area (Å²) in [6, 6.07) is 12.8. The molecule has 2 aliphatic heterocycles. The highest BCUT2D eigenvalue weighted by Gasteiger charge is 2.24. The fourth-order valence-corrected chi connectivity index (χ4v) is 4.79. The van der Waals surface area contributed by atoms with E-state index in [0.717, 1.165) is 58.1 Å². The second-order valence-corrected chi connectivity index (χ2v) is 7.89. The van der Waals surface area contributed by atoms with Gasteiger partial charge < -0.3 is 14.9 Å². The molecule has 1 N–H and O–H groups in total. The van der Waals surface area contributed by atoms with E-state index in [9.17, 15) is 0 Å². The van der Waals surface area contributed by atoms with E-state index in [0.29, 0.717) is 0 Å². The molecule has 1 aromatic carbocycles. The van der Waals surface area contributed by atoms with Crippen LogP contribution in [0, 0.1) is 0 Å². The minimum Gasteiger partial charge on any atom is -0.395 e. The van der Waals surface area contributed by atoms with Crippen LogP contribution in [-0.2, 0) is 0 Å². The number of aromatic nitrogens is 1. The fraction of sp³-hybridized carbons (Fsp3) is 0.450. The molecule has 0 bridgehead atoms. The number of benzene rings is 1. The van der Waals surface area contributed by atoms with Crippen molar-refractivity contribution in [3.8, 4) is 0 Å². The van der Waals surface area contributed by atoms with Crippen LogP contribution in [0.3, 0.4) is 0 Å². The molecule has 0 saturated carbocycles. The molecule has 0 unspecified atom stereocenters. The van der Waals surface area contributed by atoms with E-state index in [1.54, 1.807) is 0 Å². The van der Waals surface area contributed by atoms with Gasteiger partial charge in [-0.05, 0) is 37.2 Å². The van der Waals surface area contributed by atoms with Crippen LogP contribution in [0.15, 0.2) is 52.4 Å². The van der Waals surface area contributed by atoms with Gasteiger partial charge in [0.05, 0.1) is 17.2 Å². The number of hydrogen-bond acceptors (Lipinski definition) is 6. The maximum atomic E-state index is 9.06. The first-order valence-electron chi connectivity index (χ1n) is 9.40. The lowest BCUT2D eigenvalue weighted by Gasteiger charge is -2.35. The van der Waals surface area contributed by atoms with Crippen molar-refractivity contribution < 1.29 is 5.11 Å². The maximum absolute atomic E-state index is 9.06. The van der Waals surface area contributed by atoms with Gasteiger partial charge in [0, 0.05) is 50.4 Å². The molecule has 0 amide bonds. The molecule has 0 spiro atoms. The van der Waals surface area contributed by atoms with Crippen molar-refractivity contribution in [2.75, 3.05) is 57.3 Å². The normalized spacial score (nSPS) is 17.1. The van der Waals surface area contributed by atoms with E-state index in [1.807, 2.05) is 24.0 Å². The third-order valence-corrected chi connectivity index (χ3v) is 6.22. The Morgan fingerprint density at radius 2 is 1.59 bits per heavy atom. The van der Waals surface area contributed by atoms with Crippen LogP contribution in [0.1, 0.15) is 6.42 Å². The van der Waals surface area contributed by atoms with Crippen LogP contribution in [0.4, 0.5) is 11.5 Å². The number of piperazine rings is 1. The largest absolute Gasteiger partial charge is 0.395 e. The molecule has 27 heavy (non-hydrogen) atoms. The number of aliphatic hydroxyl groups excluding tert-OH is 1. The maximum Gasteiger partial charge on any atom is 0.147 e. The molecule has 1 saturated heterocycles.